The van der Waals surface area contributed by atoms with Crippen molar-refractivity contribution in [3.63, 3.8) is 0 Å². The normalized spacial score (nSPS) is 12.2. The summed E-state index contributed by atoms with van der Waals surface area (Å²) in [5.41, 5.74) is 5.12. The van der Waals surface area contributed by atoms with Crippen LogP contribution in [0.1, 0.15) is 47.3 Å². The molecule has 2 amide bonds. The fraction of sp³-hybridized carbons (Fsp3) is 0.318. The van der Waals surface area contributed by atoms with Crippen molar-refractivity contribution in [3.05, 3.63) is 63.7 Å². The van der Waals surface area contributed by atoms with Gasteiger partial charge in [0, 0.05) is 10.6 Å². The van der Waals surface area contributed by atoms with Crippen molar-refractivity contribution in [2.75, 3.05) is 0 Å². The summed E-state index contributed by atoms with van der Waals surface area (Å²) in [4.78, 5) is 25.0. The SMILES string of the molecule is Cc1cc(/C=N/NC(=O)C(CC(C)C)NC(=O)c2ccc(Cl)cc2)cc(C)c1O. The van der Waals surface area contributed by atoms with Gasteiger partial charge in [-0.05, 0) is 79.3 Å². The van der Waals surface area contributed by atoms with E-state index in [0.717, 1.165) is 16.7 Å². The summed E-state index contributed by atoms with van der Waals surface area (Å²) in [6.07, 6.45) is 1.98. The molecule has 0 saturated carbocycles. The minimum atomic E-state index is -0.724. The van der Waals surface area contributed by atoms with Gasteiger partial charge in [-0.15, -0.1) is 0 Å². The highest BCUT2D eigenvalue weighted by atomic mass is 35.5. The molecule has 0 saturated heterocycles. The summed E-state index contributed by atoms with van der Waals surface area (Å²) in [6.45, 7) is 7.53. The standard InChI is InChI=1S/C22H26ClN3O3/c1-13(2)9-19(25-21(28)17-5-7-18(23)8-6-17)22(29)26-24-12-16-10-14(3)20(27)15(4)11-16/h5-8,10-13,19,27H,9H2,1-4H3,(H,25,28)(H,26,29)/b24-12+. The van der Waals surface area contributed by atoms with Crippen LogP contribution in [0.2, 0.25) is 5.02 Å². The maximum absolute atomic E-state index is 12.6. The van der Waals surface area contributed by atoms with Crippen LogP contribution in [0.15, 0.2) is 41.5 Å². The smallest absolute Gasteiger partial charge is 0.262 e. The van der Waals surface area contributed by atoms with Crippen LogP contribution in [0.4, 0.5) is 0 Å². The van der Waals surface area contributed by atoms with Crippen molar-refractivity contribution in [3.8, 4) is 5.75 Å². The van der Waals surface area contributed by atoms with E-state index in [1.54, 1.807) is 50.2 Å². The molecule has 6 nitrogen and oxygen atoms in total. The summed E-state index contributed by atoms with van der Waals surface area (Å²) < 4.78 is 0. The summed E-state index contributed by atoms with van der Waals surface area (Å²) in [5.74, 6) is -0.309. The third-order valence-corrected chi connectivity index (χ3v) is 4.59. The van der Waals surface area contributed by atoms with Crippen LogP contribution in [0.3, 0.4) is 0 Å². The molecule has 0 heterocycles. The third kappa shape index (κ3) is 6.61. The lowest BCUT2D eigenvalue weighted by atomic mass is 10.0. The monoisotopic (exact) mass is 415 g/mol. The topological polar surface area (TPSA) is 90.8 Å². The van der Waals surface area contributed by atoms with Crippen molar-refractivity contribution >= 4 is 29.6 Å². The maximum atomic E-state index is 12.6. The molecule has 1 atom stereocenters. The zero-order valence-electron chi connectivity index (χ0n) is 17.0. The number of rotatable bonds is 7. The van der Waals surface area contributed by atoms with Crippen molar-refractivity contribution in [2.24, 2.45) is 11.0 Å². The highest BCUT2D eigenvalue weighted by Gasteiger charge is 2.22. The second kappa shape index (κ2) is 10.1. The van der Waals surface area contributed by atoms with Crippen molar-refractivity contribution in [2.45, 2.75) is 40.2 Å². The molecular formula is C22H26ClN3O3. The molecule has 0 fully saturated rings. The molecule has 2 aromatic rings. The van der Waals surface area contributed by atoms with Crippen LogP contribution < -0.4 is 10.7 Å². The molecule has 154 valence electrons. The Morgan fingerprint density at radius 3 is 2.28 bits per heavy atom. The molecular weight excluding hydrogens is 390 g/mol. The number of nitrogens with zero attached hydrogens (tertiary/aromatic N) is 1. The van der Waals surface area contributed by atoms with Crippen molar-refractivity contribution < 1.29 is 14.7 Å². The molecule has 7 heteroatoms. The number of hydrogen-bond donors (Lipinski definition) is 3. The van der Waals surface area contributed by atoms with E-state index in [-0.39, 0.29) is 17.6 Å². The lowest BCUT2D eigenvalue weighted by molar-refractivity contribution is -0.123. The Morgan fingerprint density at radius 1 is 1.14 bits per heavy atom. The molecule has 1 unspecified atom stereocenters. The number of halogens is 1. The number of carbonyl (C=O) groups is 2. The second-order valence-electron chi connectivity index (χ2n) is 7.40. The van der Waals surface area contributed by atoms with E-state index in [2.05, 4.69) is 15.8 Å². The molecule has 2 aromatic carbocycles. The molecule has 0 radical (unpaired) electrons. The van der Waals surface area contributed by atoms with Gasteiger partial charge >= 0.3 is 0 Å². The van der Waals surface area contributed by atoms with Crippen LogP contribution in [0.5, 0.6) is 5.75 Å². The average molecular weight is 416 g/mol. The zero-order valence-corrected chi connectivity index (χ0v) is 17.7. The number of carbonyl (C=O) groups excluding carboxylic acids is 2. The van der Waals surface area contributed by atoms with E-state index in [4.69, 9.17) is 11.6 Å². The summed E-state index contributed by atoms with van der Waals surface area (Å²) in [6, 6.07) is 9.28. The minimum Gasteiger partial charge on any atom is -0.507 e. The highest BCUT2D eigenvalue weighted by Crippen LogP contribution is 2.22. The Balaban J connectivity index is 2.06. The number of hydrogen-bond acceptors (Lipinski definition) is 4. The first-order valence-electron chi connectivity index (χ1n) is 9.37. The summed E-state index contributed by atoms with van der Waals surface area (Å²) in [5, 5.41) is 17.1. The molecule has 29 heavy (non-hydrogen) atoms. The van der Waals surface area contributed by atoms with E-state index in [1.807, 2.05) is 13.8 Å². The van der Waals surface area contributed by atoms with Crippen LogP contribution in [0.25, 0.3) is 0 Å². The Hall–Kier alpha value is -2.86. The van der Waals surface area contributed by atoms with E-state index in [1.165, 1.54) is 6.21 Å². The number of phenolic OH excluding ortho intramolecular Hbond substituents is 1. The lowest BCUT2D eigenvalue weighted by Crippen LogP contribution is -2.46. The highest BCUT2D eigenvalue weighted by molar-refractivity contribution is 6.30. The first-order chi connectivity index (χ1) is 13.7. The van der Waals surface area contributed by atoms with E-state index < -0.39 is 11.9 Å². The molecule has 0 aliphatic rings. The largest absolute Gasteiger partial charge is 0.507 e. The maximum Gasteiger partial charge on any atom is 0.262 e. The fourth-order valence-electron chi connectivity index (χ4n) is 2.86. The Morgan fingerprint density at radius 2 is 1.72 bits per heavy atom. The fourth-order valence-corrected chi connectivity index (χ4v) is 2.98. The van der Waals surface area contributed by atoms with Crippen LogP contribution in [-0.4, -0.2) is 29.2 Å². The van der Waals surface area contributed by atoms with Crippen LogP contribution >= 0.6 is 11.6 Å². The Kier molecular flexibility index (Phi) is 7.79. The number of aromatic hydroxyl groups is 1. The van der Waals surface area contributed by atoms with Gasteiger partial charge in [-0.3, -0.25) is 9.59 Å². The van der Waals surface area contributed by atoms with Gasteiger partial charge in [0.2, 0.25) is 0 Å². The Bertz CT molecular complexity index is 885. The van der Waals surface area contributed by atoms with E-state index in [9.17, 15) is 14.7 Å². The van der Waals surface area contributed by atoms with Gasteiger partial charge in [-0.25, -0.2) is 5.43 Å². The van der Waals surface area contributed by atoms with Gasteiger partial charge in [0.05, 0.1) is 6.21 Å². The van der Waals surface area contributed by atoms with Gasteiger partial charge in [0.15, 0.2) is 0 Å². The van der Waals surface area contributed by atoms with Gasteiger partial charge in [-0.1, -0.05) is 25.4 Å². The summed E-state index contributed by atoms with van der Waals surface area (Å²) >= 11 is 5.85. The molecule has 0 spiro atoms. The number of benzene rings is 2. The van der Waals surface area contributed by atoms with Gasteiger partial charge in [-0.2, -0.15) is 5.10 Å². The summed E-state index contributed by atoms with van der Waals surface area (Å²) in [7, 11) is 0. The number of phenols is 1. The second-order valence-corrected chi connectivity index (χ2v) is 7.84. The number of hydrazone groups is 1. The molecule has 0 aliphatic heterocycles. The minimum absolute atomic E-state index is 0.197. The predicted molar refractivity (Wildman–Crippen MR) is 115 cm³/mol. The van der Waals surface area contributed by atoms with E-state index >= 15 is 0 Å². The third-order valence-electron chi connectivity index (χ3n) is 4.34. The average Bonchev–Trinajstić information content (AvgIpc) is 2.65. The molecule has 0 aliphatic carbocycles. The zero-order chi connectivity index (χ0) is 21.6. The molecule has 2 rings (SSSR count). The van der Waals surface area contributed by atoms with Crippen molar-refractivity contribution in [1.82, 2.24) is 10.7 Å². The predicted octanol–water partition coefficient (Wildman–Crippen LogP) is 3.96. The Labute approximate surface area is 176 Å². The van der Waals surface area contributed by atoms with Gasteiger partial charge in [0.25, 0.3) is 11.8 Å². The molecule has 3 N–H and O–H groups in total. The lowest BCUT2D eigenvalue weighted by Gasteiger charge is -2.19. The first kappa shape index (κ1) is 22.4. The number of nitrogens with one attached hydrogen (secondary N) is 2. The number of aryl methyl sites for hydroxylation is 2. The molecule has 0 aromatic heterocycles. The quantitative estimate of drug-likeness (QED) is 0.472. The van der Waals surface area contributed by atoms with Crippen LogP contribution in [-0.2, 0) is 4.79 Å². The van der Waals surface area contributed by atoms with Gasteiger partial charge < -0.3 is 10.4 Å². The van der Waals surface area contributed by atoms with Crippen LogP contribution in [0, 0.1) is 19.8 Å². The molecule has 0 bridgehead atoms. The van der Waals surface area contributed by atoms with E-state index in [0.29, 0.717) is 17.0 Å². The first-order valence-corrected chi connectivity index (χ1v) is 9.74. The van der Waals surface area contributed by atoms with Gasteiger partial charge in [0.1, 0.15) is 11.8 Å². The van der Waals surface area contributed by atoms with Crippen molar-refractivity contribution in [1.29, 1.82) is 0 Å². The number of amides is 2.